The molecule has 1 aliphatic heterocycles. The van der Waals surface area contributed by atoms with Crippen LogP contribution in [0.1, 0.15) is 24.8 Å². The number of hydrogen-bond donors (Lipinski definition) is 3. The highest BCUT2D eigenvalue weighted by atomic mass is 32.2. The zero-order chi connectivity index (χ0) is 13.0. The van der Waals surface area contributed by atoms with Gasteiger partial charge in [-0.2, -0.15) is 16.9 Å². The van der Waals surface area contributed by atoms with Crippen LogP contribution in [0.4, 0.5) is 5.82 Å². The molecule has 0 unspecified atom stereocenters. The molecule has 1 aromatic heterocycles. The maximum Gasteiger partial charge on any atom is 0.225 e. The van der Waals surface area contributed by atoms with E-state index in [1.165, 1.54) is 6.20 Å². The fraction of sp³-hybridized carbons (Fsp3) is 0.545. The maximum absolute atomic E-state index is 11.9. The second-order valence-corrected chi connectivity index (χ2v) is 6.00. The van der Waals surface area contributed by atoms with Crippen LogP contribution in [-0.2, 0) is 4.79 Å². The van der Waals surface area contributed by atoms with Crippen LogP contribution in [0.25, 0.3) is 0 Å². The van der Waals surface area contributed by atoms with Crippen molar-refractivity contribution in [3.8, 4) is 0 Å². The number of nitrogens with two attached hydrogens (primary N) is 1. The van der Waals surface area contributed by atoms with Crippen molar-refractivity contribution in [2.75, 3.05) is 16.8 Å². The predicted molar refractivity (Wildman–Crippen MR) is 77.8 cm³/mol. The molecule has 0 spiro atoms. The van der Waals surface area contributed by atoms with Gasteiger partial charge in [0.25, 0.3) is 0 Å². The molecule has 4 N–H and O–H groups in total. The summed E-state index contributed by atoms with van der Waals surface area (Å²) in [6.07, 6.45) is 4.30. The second-order valence-electron chi connectivity index (χ2n) is 4.33. The average molecular weight is 284 g/mol. The molecular formula is C11H16N4OS2. The quantitative estimate of drug-likeness (QED) is 0.730. The fourth-order valence-electron chi connectivity index (χ4n) is 1.97. The summed E-state index contributed by atoms with van der Waals surface area (Å²) in [6.45, 7) is 0. The first-order valence-corrected chi connectivity index (χ1v) is 7.44. The van der Waals surface area contributed by atoms with E-state index in [9.17, 15) is 4.79 Å². The first kappa shape index (κ1) is 13.4. The van der Waals surface area contributed by atoms with Gasteiger partial charge in [-0.05, 0) is 30.3 Å². The number of rotatable bonds is 4. The molecule has 0 saturated carbocycles. The van der Waals surface area contributed by atoms with Crippen molar-refractivity contribution in [3.05, 3.63) is 11.8 Å². The zero-order valence-corrected chi connectivity index (χ0v) is 11.6. The van der Waals surface area contributed by atoms with Crippen molar-refractivity contribution in [2.24, 2.45) is 11.7 Å². The summed E-state index contributed by atoms with van der Waals surface area (Å²) in [5, 5.41) is 9.32. The van der Waals surface area contributed by atoms with Gasteiger partial charge in [-0.25, -0.2) is 0 Å². The minimum atomic E-state index is -0.00588. The van der Waals surface area contributed by atoms with E-state index in [0.29, 0.717) is 23.7 Å². The van der Waals surface area contributed by atoms with Crippen LogP contribution in [0, 0.1) is 5.92 Å². The number of carbonyl (C=O) groups excluding carboxylic acids is 1. The van der Waals surface area contributed by atoms with Crippen molar-refractivity contribution < 1.29 is 4.79 Å². The van der Waals surface area contributed by atoms with Gasteiger partial charge in [0.2, 0.25) is 5.91 Å². The zero-order valence-electron chi connectivity index (χ0n) is 9.94. The minimum absolute atomic E-state index is 0.00588. The molecule has 2 rings (SSSR count). The summed E-state index contributed by atoms with van der Waals surface area (Å²) in [5.41, 5.74) is 6.12. The number of thiocarbonyl (C=S) groups is 1. The lowest BCUT2D eigenvalue weighted by Gasteiger charge is -2.20. The Morgan fingerprint density at radius 1 is 1.61 bits per heavy atom. The van der Waals surface area contributed by atoms with Gasteiger partial charge in [0.15, 0.2) is 0 Å². The Morgan fingerprint density at radius 3 is 3.00 bits per heavy atom. The Labute approximate surface area is 115 Å². The smallest absolute Gasteiger partial charge is 0.225 e. The third-order valence-electron chi connectivity index (χ3n) is 2.98. The number of hydrogen-bond acceptors (Lipinski definition) is 4. The van der Waals surface area contributed by atoms with Crippen LogP contribution in [0.15, 0.2) is 6.20 Å². The highest BCUT2D eigenvalue weighted by molar-refractivity contribution is 7.99. The van der Waals surface area contributed by atoms with Crippen LogP contribution >= 0.6 is 24.0 Å². The summed E-state index contributed by atoms with van der Waals surface area (Å²) in [4.78, 5) is 12.1. The molecule has 0 radical (unpaired) electrons. The van der Waals surface area contributed by atoms with E-state index in [1.54, 1.807) is 0 Å². The topological polar surface area (TPSA) is 83.8 Å². The molecule has 0 atom stereocenters. The standard InChI is InChI=1S/C11H16N4OS2/c12-10(17)8-6-13-15-11(8)14-9(16)5-7-1-3-18-4-2-7/h6-7H,1-5H2,(H2,12,17)(H2,13,14,15,16). The Bertz CT molecular complexity index is 440. The predicted octanol–water partition coefficient (Wildman–Crippen LogP) is 1.52. The molecule has 1 aromatic rings. The highest BCUT2D eigenvalue weighted by Crippen LogP contribution is 2.25. The van der Waals surface area contributed by atoms with E-state index in [-0.39, 0.29) is 10.9 Å². The molecule has 1 fully saturated rings. The van der Waals surface area contributed by atoms with E-state index < -0.39 is 0 Å². The molecule has 18 heavy (non-hydrogen) atoms. The van der Waals surface area contributed by atoms with Gasteiger partial charge in [-0.1, -0.05) is 12.2 Å². The van der Waals surface area contributed by atoms with Crippen LogP contribution in [-0.4, -0.2) is 32.6 Å². The van der Waals surface area contributed by atoms with E-state index >= 15 is 0 Å². The average Bonchev–Trinajstić information content (AvgIpc) is 2.78. The number of anilines is 1. The molecule has 1 amide bonds. The molecule has 2 heterocycles. The molecule has 0 aliphatic carbocycles. The van der Waals surface area contributed by atoms with Gasteiger partial charge in [-0.3, -0.25) is 9.89 Å². The lowest BCUT2D eigenvalue weighted by Crippen LogP contribution is -2.21. The molecule has 5 nitrogen and oxygen atoms in total. The Kier molecular flexibility index (Phi) is 4.60. The van der Waals surface area contributed by atoms with E-state index in [1.807, 2.05) is 11.8 Å². The van der Waals surface area contributed by atoms with E-state index in [0.717, 1.165) is 24.3 Å². The van der Waals surface area contributed by atoms with Crippen molar-refractivity contribution in [1.82, 2.24) is 10.2 Å². The van der Waals surface area contributed by atoms with Gasteiger partial charge < -0.3 is 11.1 Å². The summed E-state index contributed by atoms with van der Waals surface area (Å²) in [5.74, 6) is 3.29. The van der Waals surface area contributed by atoms with Crippen molar-refractivity contribution in [1.29, 1.82) is 0 Å². The van der Waals surface area contributed by atoms with Crippen LogP contribution < -0.4 is 11.1 Å². The molecule has 98 valence electrons. The normalized spacial score (nSPS) is 16.4. The highest BCUT2D eigenvalue weighted by Gasteiger charge is 2.18. The number of thioether (sulfide) groups is 1. The van der Waals surface area contributed by atoms with Gasteiger partial charge >= 0.3 is 0 Å². The molecular weight excluding hydrogens is 268 g/mol. The first-order chi connectivity index (χ1) is 8.66. The summed E-state index contributed by atoms with van der Waals surface area (Å²) in [6, 6.07) is 0. The molecule has 7 heteroatoms. The lowest BCUT2D eigenvalue weighted by atomic mass is 9.98. The number of amides is 1. The first-order valence-electron chi connectivity index (χ1n) is 5.87. The van der Waals surface area contributed by atoms with Gasteiger partial charge in [-0.15, -0.1) is 0 Å². The van der Waals surface area contributed by atoms with Crippen LogP contribution in [0.3, 0.4) is 0 Å². The van der Waals surface area contributed by atoms with Crippen LogP contribution in [0.2, 0.25) is 0 Å². The maximum atomic E-state index is 11.9. The third-order valence-corrected chi connectivity index (χ3v) is 4.25. The van der Waals surface area contributed by atoms with E-state index in [4.69, 9.17) is 18.0 Å². The van der Waals surface area contributed by atoms with Gasteiger partial charge in [0, 0.05) is 6.42 Å². The number of nitrogens with zero attached hydrogens (tertiary/aromatic N) is 1. The van der Waals surface area contributed by atoms with Crippen molar-refractivity contribution in [2.45, 2.75) is 19.3 Å². The van der Waals surface area contributed by atoms with E-state index in [2.05, 4.69) is 15.5 Å². The largest absolute Gasteiger partial charge is 0.389 e. The summed E-state index contributed by atoms with van der Waals surface area (Å²) < 4.78 is 0. The summed E-state index contributed by atoms with van der Waals surface area (Å²) in [7, 11) is 0. The number of aromatic amines is 1. The monoisotopic (exact) mass is 284 g/mol. The molecule has 0 bridgehead atoms. The third kappa shape index (κ3) is 3.46. The van der Waals surface area contributed by atoms with Crippen molar-refractivity contribution >= 4 is 40.7 Å². The van der Waals surface area contributed by atoms with Crippen molar-refractivity contribution in [3.63, 3.8) is 0 Å². The van der Waals surface area contributed by atoms with Crippen LogP contribution in [0.5, 0.6) is 0 Å². The number of H-pyrrole nitrogens is 1. The second kappa shape index (κ2) is 6.19. The number of aromatic nitrogens is 2. The number of carbonyl (C=O) groups is 1. The van der Waals surface area contributed by atoms with Gasteiger partial charge in [0.1, 0.15) is 10.8 Å². The van der Waals surface area contributed by atoms with Gasteiger partial charge in [0.05, 0.1) is 11.8 Å². The molecule has 1 saturated heterocycles. The Hall–Kier alpha value is -1.08. The fourth-order valence-corrected chi connectivity index (χ4v) is 3.33. The number of nitrogens with one attached hydrogen (secondary N) is 2. The SMILES string of the molecule is NC(=S)c1cn[nH]c1NC(=O)CC1CCSCC1. The lowest BCUT2D eigenvalue weighted by molar-refractivity contribution is -0.117. The Morgan fingerprint density at radius 2 is 2.33 bits per heavy atom. The Balaban J connectivity index is 1.90. The summed E-state index contributed by atoms with van der Waals surface area (Å²) >= 11 is 6.84. The molecule has 0 aromatic carbocycles. The molecule has 1 aliphatic rings. The minimum Gasteiger partial charge on any atom is -0.389 e.